The van der Waals surface area contributed by atoms with Gasteiger partial charge in [-0.05, 0) is 36.3 Å². The first kappa shape index (κ1) is 15.6. The van der Waals surface area contributed by atoms with Gasteiger partial charge in [0.05, 0.1) is 0 Å². The predicted molar refractivity (Wildman–Crippen MR) is 82.2 cm³/mol. The van der Waals surface area contributed by atoms with Gasteiger partial charge in [-0.3, -0.25) is 4.79 Å². The van der Waals surface area contributed by atoms with Gasteiger partial charge in [-0.2, -0.15) is 0 Å². The number of nitrogens with zero attached hydrogens (tertiary/aromatic N) is 1. The van der Waals surface area contributed by atoms with Gasteiger partial charge in [0.25, 0.3) is 5.91 Å². The minimum atomic E-state index is -1.13. The summed E-state index contributed by atoms with van der Waals surface area (Å²) in [4.78, 5) is 25.4. The molecule has 1 aliphatic heterocycles. The van der Waals surface area contributed by atoms with Gasteiger partial charge in [0, 0.05) is 12.1 Å². The van der Waals surface area contributed by atoms with Crippen LogP contribution in [0.4, 0.5) is 0 Å². The first-order chi connectivity index (χ1) is 10.5. The van der Waals surface area contributed by atoms with Crippen molar-refractivity contribution in [1.29, 1.82) is 0 Å². The van der Waals surface area contributed by atoms with Gasteiger partial charge < -0.3 is 15.1 Å². The molecule has 2 rings (SSSR count). The molecule has 1 aromatic rings. The van der Waals surface area contributed by atoms with E-state index in [1.807, 2.05) is 6.92 Å². The second kappa shape index (κ2) is 6.30. The van der Waals surface area contributed by atoms with Crippen LogP contribution in [0.3, 0.4) is 0 Å². The second-order valence-electron chi connectivity index (χ2n) is 4.98. The van der Waals surface area contributed by atoms with Crippen molar-refractivity contribution >= 4 is 11.9 Å². The number of rotatable bonds is 4. The van der Waals surface area contributed by atoms with E-state index in [4.69, 9.17) is 0 Å². The molecule has 1 aliphatic rings. The van der Waals surface area contributed by atoms with Crippen molar-refractivity contribution in [3.63, 3.8) is 0 Å². The molecule has 0 bridgehead atoms. The third-order valence-electron chi connectivity index (χ3n) is 3.44. The number of hydrogen-bond donors (Lipinski definition) is 2. The number of carbonyl (C=O) groups excluding carboxylic acids is 1. The molecule has 1 heterocycles. The number of likely N-dealkylation sites (tertiary alicyclic amines) is 1. The number of phenols is 1. The van der Waals surface area contributed by atoms with Crippen molar-refractivity contribution in [2.75, 3.05) is 6.54 Å². The molecular weight excluding hydrogens is 282 g/mol. The molecule has 1 amide bonds. The Balaban J connectivity index is 2.38. The van der Waals surface area contributed by atoms with Crippen molar-refractivity contribution in [2.24, 2.45) is 0 Å². The van der Waals surface area contributed by atoms with E-state index in [2.05, 4.69) is 6.58 Å². The number of aromatic hydroxyl groups is 1. The van der Waals surface area contributed by atoms with Crippen LogP contribution < -0.4 is 0 Å². The Labute approximate surface area is 128 Å². The van der Waals surface area contributed by atoms with E-state index in [0.29, 0.717) is 16.7 Å². The lowest BCUT2D eigenvalue weighted by molar-refractivity contribution is -0.147. The molecule has 0 aliphatic carbocycles. The van der Waals surface area contributed by atoms with Crippen molar-refractivity contribution in [3.8, 4) is 5.75 Å². The summed E-state index contributed by atoms with van der Waals surface area (Å²) in [5, 5.41) is 18.8. The number of carboxylic acids is 1. The minimum absolute atomic E-state index is 0.0405. The number of hydrogen-bond acceptors (Lipinski definition) is 3. The fraction of sp³-hybridized carbons (Fsp3) is 0.176. The Bertz CT molecular complexity index is 670. The summed E-state index contributed by atoms with van der Waals surface area (Å²) in [5.41, 5.74) is 1.44. The zero-order valence-electron chi connectivity index (χ0n) is 12.2. The number of benzene rings is 1. The highest BCUT2D eigenvalue weighted by Crippen LogP contribution is 2.32. The molecule has 0 radical (unpaired) electrons. The molecule has 0 saturated carbocycles. The van der Waals surface area contributed by atoms with Gasteiger partial charge >= 0.3 is 5.97 Å². The summed E-state index contributed by atoms with van der Waals surface area (Å²) in [7, 11) is 0. The highest BCUT2D eigenvalue weighted by atomic mass is 16.4. The molecule has 0 spiro atoms. The SMILES string of the molecule is C=C1CN(C(C(=O)O)c2ccc(O)cc2)C(=O)/C1=C/C=C\C. The number of amides is 1. The maximum absolute atomic E-state index is 12.5. The average molecular weight is 299 g/mol. The van der Waals surface area contributed by atoms with E-state index in [-0.39, 0.29) is 18.2 Å². The first-order valence-electron chi connectivity index (χ1n) is 6.79. The molecule has 0 aromatic heterocycles. The van der Waals surface area contributed by atoms with Gasteiger partial charge in [0.15, 0.2) is 6.04 Å². The number of aliphatic carboxylic acids is 1. The van der Waals surface area contributed by atoms with Crippen LogP contribution in [-0.4, -0.2) is 33.5 Å². The Kier molecular flexibility index (Phi) is 4.46. The lowest BCUT2D eigenvalue weighted by Gasteiger charge is -2.24. The normalized spacial score (nSPS) is 18.4. The average Bonchev–Trinajstić information content (AvgIpc) is 2.74. The maximum atomic E-state index is 12.5. The Morgan fingerprint density at radius 3 is 2.55 bits per heavy atom. The van der Waals surface area contributed by atoms with Gasteiger partial charge in [0.2, 0.25) is 0 Å². The zero-order chi connectivity index (χ0) is 16.3. The van der Waals surface area contributed by atoms with Crippen molar-refractivity contribution in [2.45, 2.75) is 13.0 Å². The van der Waals surface area contributed by atoms with E-state index in [9.17, 15) is 19.8 Å². The first-order valence-corrected chi connectivity index (χ1v) is 6.79. The summed E-state index contributed by atoms with van der Waals surface area (Å²) in [6, 6.07) is 4.69. The van der Waals surface area contributed by atoms with Crippen molar-refractivity contribution in [3.05, 3.63) is 65.8 Å². The lowest BCUT2D eigenvalue weighted by atomic mass is 10.1. The smallest absolute Gasteiger partial charge is 0.331 e. The highest BCUT2D eigenvalue weighted by molar-refractivity contribution is 6.03. The summed E-state index contributed by atoms with van der Waals surface area (Å²) in [6.07, 6.45) is 5.14. The predicted octanol–water partition coefficient (Wildman–Crippen LogP) is 2.42. The van der Waals surface area contributed by atoms with E-state index in [1.165, 1.54) is 29.2 Å². The molecule has 2 N–H and O–H groups in total. The van der Waals surface area contributed by atoms with Crippen LogP contribution in [0.15, 0.2) is 60.2 Å². The van der Waals surface area contributed by atoms with Crippen LogP contribution in [0, 0.1) is 0 Å². The van der Waals surface area contributed by atoms with Gasteiger partial charge in [-0.1, -0.05) is 30.9 Å². The van der Waals surface area contributed by atoms with E-state index in [0.717, 1.165) is 0 Å². The molecule has 1 fully saturated rings. The summed E-state index contributed by atoms with van der Waals surface area (Å²) < 4.78 is 0. The molecule has 5 heteroatoms. The summed E-state index contributed by atoms with van der Waals surface area (Å²) >= 11 is 0. The Morgan fingerprint density at radius 1 is 1.36 bits per heavy atom. The van der Waals surface area contributed by atoms with E-state index < -0.39 is 12.0 Å². The van der Waals surface area contributed by atoms with Crippen molar-refractivity contribution < 1.29 is 19.8 Å². The zero-order valence-corrected chi connectivity index (χ0v) is 12.2. The van der Waals surface area contributed by atoms with Gasteiger partial charge in [0.1, 0.15) is 5.75 Å². The lowest BCUT2D eigenvalue weighted by Crippen LogP contribution is -2.35. The molecule has 1 aromatic carbocycles. The molecule has 1 unspecified atom stereocenters. The number of carboxylic acid groups (broad SMARTS) is 1. The van der Waals surface area contributed by atoms with Gasteiger partial charge in [-0.15, -0.1) is 0 Å². The third-order valence-corrected chi connectivity index (χ3v) is 3.44. The molecule has 1 atom stereocenters. The number of allylic oxidation sites excluding steroid dienone is 3. The molecule has 114 valence electrons. The van der Waals surface area contributed by atoms with Gasteiger partial charge in [-0.25, -0.2) is 4.79 Å². The largest absolute Gasteiger partial charge is 0.508 e. The molecule has 22 heavy (non-hydrogen) atoms. The number of phenolic OH excluding ortho intramolecular Hbond substituents is 1. The van der Waals surface area contributed by atoms with Crippen LogP contribution in [0.5, 0.6) is 5.75 Å². The fourth-order valence-corrected chi connectivity index (χ4v) is 2.37. The summed E-state index contributed by atoms with van der Waals surface area (Å²) in [5.74, 6) is -1.44. The van der Waals surface area contributed by atoms with Crippen molar-refractivity contribution in [1.82, 2.24) is 4.90 Å². The van der Waals surface area contributed by atoms with Crippen LogP contribution in [0.2, 0.25) is 0 Å². The molecular formula is C17H17NO4. The highest BCUT2D eigenvalue weighted by Gasteiger charge is 2.38. The third kappa shape index (κ3) is 2.93. The Morgan fingerprint density at radius 2 is 2.00 bits per heavy atom. The quantitative estimate of drug-likeness (QED) is 0.837. The molecule has 5 nitrogen and oxygen atoms in total. The van der Waals surface area contributed by atoms with Crippen LogP contribution in [-0.2, 0) is 9.59 Å². The fourth-order valence-electron chi connectivity index (χ4n) is 2.37. The minimum Gasteiger partial charge on any atom is -0.508 e. The standard InChI is InChI=1S/C17H17NO4/c1-3-4-5-14-11(2)10-18(16(14)20)15(17(21)22)12-6-8-13(19)9-7-12/h3-9,15,19H,2,10H2,1H3,(H,21,22)/b4-3-,14-5+. The maximum Gasteiger partial charge on any atom is 0.331 e. The van der Waals surface area contributed by atoms with E-state index in [1.54, 1.807) is 18.2 Å². The number of carbonyl (C=O) groups is 2. The van der Waals surface area contributed by atoms with Crippen LogP contribution >= 0.6 is 0 Å². The van der Waals surface area contributed by atoms with Crippen LogP contribution in [0.1, 0.15) is 18.5 Å². The van der Waals surface area contributed by atoms with E-state index >= 15 is 0 Å². The van der Waals surface area contributed by atoms with Crippen LogP contribution in [0.25, 0.3) is 0 Å². The second-order valence-corrected chi connectivity index (χ2v) is 4.98. The Hall–Kier alpha value is -2.82. The molecule has 1 saturated heterocycles. The summed E-state index contributed by atoms with van der Waals surface area (Å²) in [6.45, 7) is 5.83. The topological polar surface area (TPSA) is 77.8 Å². The monoisotopic (exact) mass is 299 g/mol.